The lowest BCUT2D eigenvalue weighted by Crippen LogP contribution is -2.16. The smallest absolute Gasteiger partial charge is 0.324 e. The summed E-state index contributed by atoms with van der Waals surface area (Å²) in [5.74, 6) is 0. The van der Waals surface area contributed by atoms with E-state index in [9.17, 15) is 4.57 Å². The molecule has 0 aromatic carbocycles. The molecule has 0 saturated heterocycles. The van der Waals surface area contributed by atoms with E-state index >= 15 is 0 Å². The van der Waals surface area contributed by atoms with Crippen molar-refractivity contribution in [2.24, 2.45) is 0 Å². The van der Waals surface area contributed by atoms with Crippen molar-refractivity contribution < 1.29 is 15.4 Å². The van der Waals surface area contributed by atoms with Gasteiger partial charge in [-0.1, -0.05) is 0 Å². The Bertz CT molecular complexity index is 151. The van der Waals surface area contributed by atoms with Crippen LogP contribution < -0.4 is 0 Å². The van der Waals surface area contributed by atoms with Gasteiger partial charge in [-0.15, -0.1) is 0 Å². The predicted octanol–water partition coefficient (Wildman–Crippen LogP) is 1.62. The van der Waals surface area contributed by atoms with Gasteiger partial charge in [0.25, 0.3) is 0 Å². The zero-order valence-corrected chi connectivity index (χ0v) is 6.81. The fourth-order valence-corrected chi connectivity index (χ4v) is 1.28. The van der Waals surface area contributed by atoms with Crippen molar-refractivity contribution in [1.82, 2.24) is 0 Å². The number of hydrogen-bond acceptors (Lipinski definition) is 2. The van der Waals surface area contributed by atoms with Crippen molar-refractivity contribution in [3.63, 3.8) is 0 Å². The minimum Gasteiger partial charge on any atom is -0.324 e. The second-order valence-electron chi connectivity index (χ2n) is 2.84. The van der Waals surface area contributed by atoms with Crippen molar-refractivity contribution in [3.8, 4) is 0 Å². The molecule has 0 aliphatic rings. The van der Waals surface area contributed by atoms with Crippen molar-refractivity contribution in [1.29, 1.82) is 0 Å². The molecule has 0 amide bonds. The van der Waals surface area contributed by atoms with E-state index in [2.05, 4.69) is 0 Å². The maximum atomic E-state index is 10.7. The van der Waals surface area contributed by atoms with Gasteiger partial charge in [-0.05, 0) is 20.8 Å². The first-order valence-electron chi connectivity index (χ1n) is 3.29. The Morgan fingerprint density at radius 3 is 2.22 bits per heavy atom. The third kappa shape index (κ3) is 8.15. The van der Waals surface area contributed by atoms with E-state index in [0.29, 0.717) is 0 Å². The summed E-state index contributed by atoms with van der Waals surface area (Å²) in [6, 6.07) is 0. The lowest BCUT2D eigenvalue weighted by atomic mass is 10.2. The summed E-state index contributed by atoms with van der Waals surface area (Å²) in [7, 11) is -3.63. The molecular weight excluding hydrogens is 139 g/mol. The zero-order chi connectivity index (χ0) is 8.41. The second-order valence-corrected chi connectivity index (χ2v) is 4.30. The van der Waals surface area contributed by atoms with Gasteiger partial charge in [-0.25, -0.2) is 0 Å². The van der Waals surface area contributed by atoms with Gasteiger partial charge in [0.1, 0.15) is 0 Å². The molecule has 1 atom stereocenters. The molecule has 0 saturated carbocycles. The van der Waals surface area contributed by atoms with E-state index in [0.717, 1.165) is 0 Å². The Morgan fingerprint density at radius 1 is 1.67 bits per heavy atom. The van der Waals surface area contributed by atoms with Crippen LogP contribution in [0.5, 0.6) is 0 Å². The summed E-state index contributed by atoms with van der Waals surface area (Å²) in [6.45, 7) is 4.44. The van der Waals surface area contributed by atoms with E-state index in [-0.39, 0.29) is 0 Å². The van der Waals surface area contributed by atoms with Gasteiger partial charge in [0.05, 0.1) is 5.60 Å². The molecule has 0 aliphatic carbocycles. The molecule has 0 aromatic rings. The first kappa shape index (κ1) is 7.26. The minimum absolute atomic E-state index is 0.579. The molecule has 56 valence electrons. The van der Waals surface area contributed by atoms with Gasteiger partial charge in [-0.2, -0.15) is 0 Å². The number of rotatable bonds is 1. The van der Waals surface area contributed by atoms with E-state index in [4.69, 9.17) is 10.8 Å². The molecule has 0 rings (SSSR count). The third-order valence-electron chi connectivity index (χ3n) is 0.417. The number of hydrogen-bond donors (Lipinski definition) is 1. The Labute approximate surface area is 57.0 Å². The van der Waals surface area contributed by atoms with Crippen molar-refractivity contribution >= 4 is 7.60 Å². The van der Waals surface area contributed by atoms with Crippen LogP contribution in [0, 0.1) is 0 Å². The SMILES string of the molecule is [2H]CP(=O)(O)OC(C)(C)C. The molecule has 0 radical (unpaired) electrons. The molecule has 0 aliphatic heterocycles. The summed E-state index contributed by atoms with van der Waals surface area (Å²) >= 11 is 0. The van der Waals surface area contributed by atoms with Gasteiger partial charge in [0.15, 0.2) is 0 Å². The van der Waals surface area contributed by atoms with Crippen LogP contribution in [0.25, 0.3) is 0 Å². The molecule has 1 N–H and O–H groups in total. The third-order valence-corrected chi connectivity index (χ3v) is 1.25. The normalized spacial score (nSPS) is 20.7. The molecular formula is C5H13O3P. The molecule has 0 fully saturated rings. The highest BCUT2D eigenvalue weighted by atomic mass is 31.2. The van der Waals surface area contributed by atoms with Crippen LogP contribution in [0.4, 0.5) is 0 Å². The van der Waals surface area contributed by atoms with Crippen molar-refractivity contribution in [2.45, 2.75) is 26.4 Å². The zero-order valence-electron chi connectivity index (χ0n) is 6.92. The molecule has 3 nitrogen and oxygen atoms in total. The van der Waals surface area contributed by atoms with Gasteiger partial charge in [0.2, 0.25) is 0 Å². The topological polar surface area (TPSA) is 46.5 Å². The highest BCUT2D eigenvalue weighted by Gasteiger charge is 2.20. The Hall–Kier alpha value is 0.150. The molecule has 9 heavy (non-hydrogen) atoms. The van der Waals surface area contributed by atoms with Crippen LogP contribution in [0.1, 0.15) is 22.1 Å². The summed E-state index contributed by atoms with van der Waals surface area (Å²) in [5.41, 5.74) is -0.647. The van der Waals surface area contributed by atoms with Gasteiger partial charge in [-0.3, -0.25) is 4.57 Å². The molecule has 0 bridgehead atoms. The summed E-state index contributed by atoms with van der Waals surface area (Å²) in [5, 5.41) is 0. The Balaban J connectivity index is 4.03. The van der Waals surface area contributed by atoms with Gasteiger partial charge < -0.3 is 9.42 Å². The minimum atomic E-state index is -3.63. The first-order valence-corrected chi connectivity index (χ1v) is 4.35. The van der Waals surface area contributed by atoms with Crippen molar-refractivity contribution in [2.75, 3.05) is 6.64 Å². The maximum absolute atomic E-state index is 10.7. The fourth-order valence-electron chi connectivity index (χ4n) is 0.428. The maximum Gasteiger partial charge on any atom is 0.325 e. The lowest BCUT2D eigenvalue weighted by molar-refractivity contribution is 0.114. The quantitative estimate of drug-likeness (QED) is 0.582. The summed E-state index contributed by atoms with van der Waals surface area (Å²) < 4.78 is 22.1. The van der Waals surface area contributed by atoms with Crippen LogP contribution in [0.3, 0.4) is 0 Å². The van der Waals surface area contributed by atoms with Gasteiger partial charge >= 0.3 is 7.60 Å². The van der Waals surface area contributed by atoms with Crippen LogP contribution in [0.2, 0.25) is 0 Å². The first-order chi connectivity index (χ1) is 4.27. The van der Waals surface area contributed by atoms with Crippen LogP contribution in [-0.2, 0) is 9.09 Å². The molecule has 1 unspecified atom stereocenters. The van der Waals surface area contributed by atoms with E-state index < -0.39 is 19.8 Å². The molecule has 0 spiro atoms. The average molecular weight is 153 g/mol. The van der Waals surface area contributed by atoms with Gasteiger partial charge in [0, 0.05) is 8.01 Å². The van der Waals surface area contributed by atoms with Crippen LogP contribution >= 0.6 is 7.60 Å². The molecule has 0 heterocycles. The Morgan fingerprint density at radius 2 is 2.11 bits per heavy atom. The standard InChI is InChI=1S/C5H13O3P/c1-5(2,3)8-9(4,6)7/h1-4H3,(H,6,7)/i4D. The second kappa shape index (κ2) is 2.41. The van der Waals surface area contributed by atoms with E-state index in [1.54, 1.807) is 20.8 Å². The monoisotopic (exact) mass is 153 g/mol. The van der Waals surface area contributed by atoms with Crippen LogP contribution in [-0.4, -0.2) is 17.1 Å². The van der Waals surface area contributed by atoms with E-state index in [1.165, 1.54) is 0 Å². The summed E-state index contributed by atoms with van der Waals surface area (Å²) in [4.78, 5) is 8.80. The highest BCUT2D eigenvalue weighted by Crippen LogP contribution is 2.41. The Kier molecular flexibility index (Phi) is 1.94. The highest BCUT2D eigenvalue weighted by molar-refractivity contribution is 7.51. The average Bonchev–Trinajstić information content (AvgIpc) is 1.60. The summed E-state index contributed by atoms with van der Waals surface area (Å²) in [6.07, 6.45) is 0. The van der Waals surface area contributed by atoms with Crippen LogP contribution in [0.15, 0.2) is 0 Å². The fraction of sp³-hybridized carbons (Fsp3) is 1.00. The van der Waals surface area contributed by atoms with E-state index in [1.807, 2.05) is 0 Å². The predicted molar refractivity (Wildman–Crippen MR) is 36.6 cm³/mol. The van der Waals surface area contributed by atoms with Crippen molar-refractivity contribution in [3.05, 3.63) is 0 Å². The lowest BCUT2D eigenvalue weighted by Gasteiger charge is -2.20. The largest absolute Gasteiger partial charge is 0.325 e. The molecule has 4 heteroatoms. The molecule has 0 aromatic heterocycles.